The molecule has 15 nitrogen and oxygen atoms in total. The molecule has 5 atom stereocenters. The van der Waals surface area contributed by atoms with Gasteiger partial charge in [0.05, 0.1) is 28.7 Å². The zero-order chi connectivity index (χ0) is 47.0. The van der Waals surface area contributed by atoms with Gasteiger partial charge in [-0.1, -0.05) is 93.9 Å². The zero-order valence-corrected chi connectivity index (χ0v) is 38.8. The van der Waals surface area contributed by atoms with E-state index >= 15 is 0 Å². The number of unbranched alkanes of at least 4 members (excludes halogenated alkanes) is 2. The highest BCUT2D eigenvalue weighted by Gasteiger charge is 2.44. The van der Waals surface area contributed by atoms with E-state index < -0.39 is 35.6 Å². The summed E-state index contributed by atoms with van der Waals surface area (Å²) in [6.45, 7) is 8.65. The van der Waals surface area contributed by atoms with Gasteiger partial charge in [-0.2, -0.15) is 0 Å². The third kappa shape index (κ3) is 11.9. The van der Waals surface area contributed by atoms with Crippen molar-refractivity contribution < 1.29 is 34.1 Å². The maximum atomic E-state index is 14.1. The van der Waals surface area contributed by atoms with Crippen molar-refractivity contribution >= 4 is 40.8 Å². The number of amides is 4. The predicted octanol–water partition coefficient (Wildman–Crippen LogP) is 6.39. The maximum Gasteiger partial charge on any atom is 0.246 e. The summed E-state index contributed by atoms with van der Waals surface area (Å²) < 4.78 is 6.45. The minimum atomic E-state index is -0.933. The number of aromatic nitrogens is 3. The van der Waals surface area contributed by atoms with Crippen LogP contribution in [0.5, 0.6) is 11.5 Å². The molecule has 2 aliphatic heterocycles. The Bertz CT molecular complexity index is 2480. The van der Waals surface area contributed by atoms with Crippen molar-refractivity contribution in [3.63, 3.8) is 0 Å². The van der Waals surface area contributed by atoms with Gasteiger partial charge in [0.2, 0.25) is 23.6 Å². The van der Waals surface area contributed by atoms with Crippen LogP contribution in [0.25, 0.3) is 21.7 Å². The fourth-order valence-electron chi connectivity index (χ4n) is 8.70. The number of anilines is 1. The number of para-hydroxylation sites is 1. The van der Waals surface area contributed by atoms with Crippen molar-refractivity contribution in [1.82, 2.24) is 35.6 Å². The number of likely N-dealkylation sites (tertiary alicyclic amines) is 2. The number of hydrogen-bond donors (Lipinski definition) is 5. The summed E-state index contributed by atoms with van der Waals surface area (Å²) in [7, 11) is 0. The van der Waals surface area contributed by atoms with Crippen LogP contribution in [0.4, 0.5) is 5.82 Å². The van der Waals surface area contributed by atoms with Gasteiger partial charge in [0.1, 0.15) is 29.6 Å². The third-order valence-electron chi connectivity index (χ3n) is 12.3. The Hall–Kier alpha value is -6.39. The molecule has 4 heterocycles. The summed E-state index contributed by atoms with van der Waals surface area (Å²) in [6, 6.07) is 24.5. The number of phenols is 1. The van der Waals surface area contributed by atoms with Gasteiger partial charge in [0.25, 0.3) is 0 Å². The SMILES string of the molecule is Cc1ncsc1-c1ccc(CNC(=O)[C@H]2C[C@H](O)CN2C(=O)C(NC(=O)CCCCCC(=O)N2CC(Oc3cc(-c4ccccc4O)nnc3N)CC(c3ccccc3)C2)C(C)(C)C)cc1. The minimum absolute atomic E-state index is 0.0120. The van der Waals surface area contributed by atoms with E-state index in [1.165, 1.54) is 4.90 Å². The van der Waals surface area contributed by atoms with E-state index in [1.54, 1.807) is 41.7 Å². The molecule has 0 saturated carbocycles. The number of nitrogens with zero attached hydrogens (tertiary/aromatic N) is 5. The van der Waals surface area contributed by atoms with Crippen molar-refractivity contribution in [3.8, 4) is 33.2 Å². The number of hydrogen-bond acceptors (Lipinski definition) is 12. The number of aryl methyl sites for hydroxylation is 1. The van der Waals surface area contributed by atoms with E-state index in [1.807, 2.05) is 80.6 Å². The van der Waals surface area contributed by atoms with Crippen molar-refractivity contribution in [2.75, 3.05) is 25.4 Å². The predicted molar refractivity (Wildman–Crippen MR) is 253 cm³/mol. The number of nitrogens with one attached hydrogen (secondary N) is 2. The third-order valence-corrected chi connectivity index (χ3v) is 13.3. The number of carbonyl (C=O) groups excluding carboxylic acids is 4. The minimum Gasteiger partial charge on any atom is -0.507 e. The lowest BCUT2D eigenvalue weighted by atomic mass is 9.85. The van der Waals surface area contributed by atoms with E-state index in [2.05, 4.69) is 37.9 Å². The number of piperidine rings is 1. The molecule has 2 aliphatic rings. The van der Waals surface area contributed by atoms with Crippen LogP contribution in [-0.2, 0) is 25.7 Å². The second-order valence-corrected chi connectivity index (χ2v) is 19.2. The van der Waals surface area contributed by atoms with Gasteiger partial charge in [-0.25, -0.2) is 4.98 Å². The summed E-state index contributed by atoms with van der Waals surface area (Å²) in [5, 5.41) is 35.2. The molecular weight excluding hydrogens is 857 g/mol. The van der Waals surface area contributed by atoms with Crippen LogP contribution in [0.1, 0.15) is 88.5 Å². The molecule has 0 aliphatic carbocycles. The van der Waals surface area contributed by atoms with E-state index in [0.29, 0.717) is 55.8 Å². The second kappa shape index (κ2) is 21.3. The van der Waals surface area contributed by atoms with Gasteiger partial charge in [-0.05, 0) is 60.4 Å². The summed E-state index contributed by atoms with van der Waals surface area (Å²) in [5.74, 6) is -0.608. The highest BCUT2D eigenvalue weighted by atomic mass is 32.1. The second-order valence-electron chi connectivity index (χ2n) is 18.4. The van der Waals surface area contributed by atoms with Crippen LogP contribution < -0.4 is 21.1 Å². The van der Waals surface area contributed by atoms with Crippen LogP contribution in [-0.4, -0.2) is 103 Å². The number of thiazole rings is 1. The standard InChI is InChI=1S/C50H60N8O7S/c1-31-45(66-30-53-31)34-21-19-32(20-22-34)26-52-48(63)40-24-36(59)28-58(40)49(64)46(50(2,3)4)54-43(61)17-9-6-10-18-44(62)57-27-35(33-13-7-5-8-14-33)23-37(29-57)65-42-25-39(55-56-47(42)51)38-15-11-12-16-41(38)60/h5,7-8,11-16,19-22,25,30,35-37,40,46,59-60H,6,9-10,17-18,23-24,26-29H2,1-4H3,(H2,51,56)(H,52,63)(H,54,61)/t35?,36-,37?,40+,46?/m0/s1. The molecule has 3 aromatic carbocycles. The highest BCUT2D eigenvalue weighted by molar-refractivity contribution is 7.13. The van der Waals surface area contributed by atoms with Crippen molar-refractivity contribution in [2.24, 2.45) is 5.41 Å². The summed E-state index contributed by atoms with van der Waals surface area (Å²) in [4.78, 5) is 63.4. The first-order valence-corrected chi connectivity index (χ1v) is 23.5. The number of phenolic OH excluding ortho intramolecular Hbond substituents is 1. The Kier molecular flexibility index (Phi) is 15.3. The molecule has 0 radical (unpaired) electrons. The number of β-amino-alcohol motifs (C(OH)–C–C–N with tert-alkyl or cyclic N) is 1. The molecular formula is C50H60N8O7S. The molecule has 2 saturated heterocycles. The van der Waals surface area contributed by atoms with Gasteiger partial charge < -0.3 is 41.1 Å². The fraction of sp³-hybridized carbons (Fsp3) is 0.420. The average Bonchev–Trinajstić information content (AvgIpc) is 3.93. The first-order chi connectivity index (χ1) is 31.6. The number of nitrogens with two attached hydrogens (primary N) is 1. The van der Waals surface area contributed by atoms with Gasteiger partial charge >= 0.3 is 0 Å². The number of carbonyl (C=O) groups is 4. The first kappa shape index (κ1) is 47.6. The highest BCUT2D eigenvalue weighted by Crippen LogP contribution is 2.35. The average molecular weight is 917 g/mol. The van der Waals surface area contributed by atoms with Crippen molar-refractivity contribution in [3.05, 3.63) is 107 Å². The maximum absolute atomic E-state index is 14.1. The molecule has 6 N–H and O–H groups in total. The number of aromatic hydroxyl groups is 1. The number of rotatable bonds is 16. The Labute approximate surface area is 389 Å². The number of benzene rings is 3. The topological polar surface area (TPSA) is 213 Å². The van der Waals surface area contributed by atoms with E-state index in [4.69, 9.17) is 10.5 Å². The van der Waals surface area contributed by atoms with Crippen molar-refractivity contribution in [1.29, 1.82) is 0 Å². The smallest absolute Gasteiger partial charge is 0.246 e. The molecule has 16 heteroatoms. The largest absolute Gasteiger partial charge is 0.507 e. The molecule has 3 unspecified atom stereocenters. The molecule has 2 fully saturated rings. The van der Waals surface area contributed by atoms with Crippen LogP contribution in [0, 0.1) is 12.3 Å². The van der Waals surface area contributed by atoms with Crippen LogP contribution in [0.2, 0.25) is 0 Å². The van der Waals surface area contributed by atoms with Gasteiger partial charge in [-0.15, -0.1) is 21.5 Å². The van der Waals surface area contributed by atoms with E-state index in [0.717, 1.165) is 27.3 Å². The van der Waals surface area contributed by atoms with E-state index in [9.17, 15) is 29.4 Å². The number of aliphatic hydroxyl groups is 1. The van der Waals surface area contributed by atoms with Crippen molar-refractivity contribution in [2.45, 2.75) is 109 Å². The lowest BCUT2D eigenvalue weighted by Gasteiger charge is -2.38. The number of ether oxygens (including phenoxy) is 1. The Morgan fingerprint density at radius 3 is 2.35 bits per heavy atom. The molecule has 7 rings (SSSR count). The van der Waals surface area contributed by atoms with Crippen LogP contribution >= 0.6 is 11.3 Å². The summed E-state index contributed by atoms with van der Waals surface area (Å²) in [5.41, 5.74) is 12.2. The summed E-state index contributed by atoms with van der Waals surface area (Å²) >= 11 is 1.57. The summed E-state index contributed by atoms with van der Waals surface area (Å²) in [6.07, 6.45) is 1.60. The van der Waals surface area contributed by atoms with Gasteiger partial charge in [0, 0.05) is 56.4 Å². The Morgan fingerprint density at radius 1 is 0.909 bits per heavy atom. The molecule has 0 bridgehead atoms. The van der Waals surface area contributed by atoms with Gasteiger partial charge in [-0.3, -0.25) is 19.2 Å². The first-order valence-electron chi connectivity index (χ1n) is 22.6. The number of aliphatic hydroxyl groups excluding tert-OH is 1. The van der Waals surface area contributed by atoms with Crippen LogP contribution in [0.3, 0.4) is 0 Å². The van der Waals surface area contributed by atoms with Gasteiger partial charge in [0.15, 0.2) is 11.6 Å². The normalized spacial score (nSPS) is 19.0. The quantitative estimate of drug-likeness (QED) is 0.0685. The molecule has 5 aromatic rings. The molecule has 348 valence electrons. The molecule has 2 aromatic heterocycles. The Balaban J connectivity index is 0.901. The lowest BCUT2D eigenvalue weighted by Crippen LogP contribution is -2.57. The zero-order valence-electron chi connectivity index (χ0n) is 38.0. The van der Waals surface area contributed by atoms with Crippen LogP contribution in [0.15, 0.2) is 90.4 Å². The molecule has 66 heavy (non-hydrogen) atoms. The fourth-order valence-corrected chi connectivity index (χ4v) is 9.51. The lowest BCUT2D eigenvalue weighted by molar-refractivity contribution is -0.144. The Morgan fingerprint density at radius 2 is 1.64 bits per heavy atom. The molecule has 0 spiro atoms. The molecule has 4 amide bonds. The van der Waals surface area contributed by atoms with E-state index in [-0.39, 0.29) is 67.6 Å². The monoisotopic (exact) mass is 916 g/mol. The number of nitrogen functional groups attached to an aromatic ring is 1.